The van der Waals surface area contributed by atoms with Crippen LogP contribution < -0.4 is 0 Å². The van der Waals surface area contributed by atoms with Crippen molar-refractivity contribution in [2.24, 2.45) is 7.05 Å². The fourth-order valence-electron chi connectivity index (χ4n) is 3.13. The molecule has 27 heavy (non-hydrogen) atoms. The van der Waals surface area contributed by atoms with E-state index in [-0.39, 0.29) is 24.6 Å². The lowest BCUT2D eigenvalue weighted by Crippen LogP contribution is -2.37. The average molecular weight is 440 g/mol. The monoisotopic (exact) mass is 439 g/mol. The fraction of sp³-hybridized carbons (Fsp3) is 0.800. The molecule has 2 saturated carbocycles. The highest BCUT2D eigenvalue weighted by molar-refractivity contribution is 7.54. The molecule has 1 aromatic heterocycles. The average Bonchev–Trinajstić information content (AvgIpc) is 3.54. The molecule has 0 saturated heterocycles. The van der Waals surface area contributed by atoms with Gasteiger partial charge in [-0.2, -0.15) is 0 Å². The van der Waals surface area contributed by atoms with Gasteiger partial charge in [0.15, 0.2) is 0 Å². The van der Waals surface area contributed by atoms with Crippen LogP contribution in [-0.4, -0.2) is 60.7 Å². The summed E-state index contributed by atoms with van der Waals surface area (Å²) in [4.78, 5) is 14.2. The second kappa shape index (κ2) is 8.76. The molecule has 1 heterocycles. The Kier molecular flexibility index (Phi) is 6.82. The van der Waals surface area contributed by atoms with Gasteiger partial charge in [-0.25, -0.2) is 13.9 Å². The first-order valence-electron chi connectivity index (χ1n) is 8.98. The summed E-state index contributed by atoms with van der Waals surface area (Å²) in [6.07, 6.45) is 5.22. The molecule has 9 nitrogen and oxygen atoms in total. The summed E-state index contributed by atoms with van der Waals surface area (Å²) in [7, 11) is -1.83. The Morgan fingerprint density at radius 3 is 2.15 bits per heavy atom. The molecule has 1 aromatic rings. The second-order valence-corrected chi connectivity index (χ2v) is 9.82. The van der Waals surface area contributed by atoms with Crippen molar-refractivity contribution >= 4 is 36.8 Å². The number of halogens is 2. The molecule has 0 bridgehead atoms. The smallest absolute Gasteiger partial charge is 0.390 e. The van der Waals surface area contributed by atoms with Gasteiger partial charge in [0.05, 0.1) is 7.05 Å². The maximum atomic E-state index is 14.1. The van der Waals surface area contributed by atoms with Crippen LogP contribution in [0, 0.1) is 10.1 Å². The lowest BCUT2D eigenvalue weighted by Gasteiger charge is -2.38. The largest absolute Gasteiger partial charge is 0.434 e. The van der Waals surface area contributed by atoms with Crippen LogP contribution in [0.15, 0.2) is 6.20 Å². The Balaban J connectivity index is 1.85. The highest BCUT2D eigenvalue weighted by Crippen LogP contribution is 2.62. The summed E-state index contributed by atoms with van der Waals surface area (Å²) in [5, 5.41) is 11.0. The van der Waals surface area contributed by atoms with Crippen molar-refractivity contribution in [2.75, 3.05) is 24.8 Å². The Labute approximate surface area is 168 Å². The first-order valence-corrected chi connectivity index (χ1v) is 11.6. The minimum atomic E-state index is -3.37. The first-order chi connectivity index (χ1) is 12.9. The van der Waals surface area contributed by atoms with Gasteiger partial charge in [-0.1, -0.05) is 4.98 Å². The van der Waals surface area contributed by atoms with Crippen molar-refractivity contribution in [1.82, 2.24) is 18.9 Å². The molecular weight excluding hydrogens is 416 g/mol. The van der Waals surface area contributed by atoms with Gasteiger partial charge in [0.25, 0.3) is 0 Å². The topological polar surface area (TPSA) is 93.7 Å². The molecule has 2 aliphatic carbocycles. The van der Waals surface area contributed by atoms with Gasteiger partial charge in [0.1, 0.15) is 18.5 Å². The van der Waals surface area contributed by atoms with Gasteiger partial charge in [-0.05, 0) is 30.6 Å². The van der Waals surface area contributed by atoms with E-state index in [0.717, 1.165) is 25.7 Å². The molecular formula is C15H24Cl2N5O4P. The molecule has 2 fully saturated rings. The van der Waals surface area contributed by atoms with E-state index in [1.54, 1.807) is 7.05 Å². The van der Waals surface area contributed by atoms with Crippen LogP contribution in [0.1, 0.15) is 31.4 Å². The SMILES string of the molecule is Cn1c(COP(=O)(N(CCCl)C2CC2)N(CCCl)C2CC2)cnc1[N+](=O)[O-]. The molecule has 0 radical (unpaired) electrons. The van der Waals surface area contributed by atoms with E-state index in [1.165, 1.54) is 10.8 Å². The second-order valence-electron chi connectivity index (χ2n) is 6.80. The zero-order valence-electron chi connectivity index (χ0n) is 15.2. The molecule has 2 aliphatic rings. The van der Waals surface area contributed by atoms with Crippen molar-refractivity contribution in [3.63, 3.8) is 0 Å². The minimum absolute atomic E-state index is 0.0361. The number of hydrogen-bond acceptors (Lipinski definition) is 5. The van der Waals surface area contributed by atoms with E-state index in [9.17, 15) is 14.7 Å². The van der Waals surface area contributed by atoms with Gasteiger partial charge >= 0.3 is 13.6 Å². The quantitative estimate of drug-likeness (QED) is 0.213. The number of rotatable bonds is 12. The molecule has 0 amide bonds. The zero-order valence-corrected chi connectivity index (χ0v) is 17.6. The maximum Gasteiger partial charge on any atom is 0.434 e. The highest BCUT2D eigenvalue weighted by atomic mass is 35.5. The first kappa shape index (κ1) is 21.0. The summed E-state index contributed by atoms with van der Waals surface area (Å²) in [5.74, 6) is 0.420. The van der Waals surface area contributed by atoms with Gasteiger partial charge in [-0.15, -0.1) is 23.2 Å². The fourth-order valence-corrected chi connectivity index (χ4v) is 6.62. The molecule has 0 aliphatic heterocycles. The number of aromatic nitrogens is 2. The molecule has 152 valence electrons. The van der Waals surface area contributed by atoms with Gasteiger partial charge in [-0.3, -0.25) is 9.09 Å². The lowest BCUT2D eigenvalue weighted by molar-refractivity contribution is -0.396. The number of nitro groups is 1. The number of nitrogens with zero attached hydrogens (tertiary/aromatic N) is 5. The van der Waals surface area contributed by atoms with Crippen LogP contribution in [0.4, 0.5) is 5.95 Å². The minimum Gasteiger partial charge on any atom is -0.390 e. The predicted octanol–water partition coefficient (Wildman–Crippen LogP) is 3.36. The molecule has 0 unspecified atom stereocenters. The van der Waals surface area contributed by atoms with Crippen molar-refractivity contribution in [3.05, 3.63) is 22.0 Å². The van der Waals surface area contributed by atoms with Crippen LogP contribution in [0.3, 0.4) is 0 Å². The predicted molar refractivity (Wildman–Crippen MR) is 103 cm³/mol. The summed E-state index contributed by atoms with van der Waals surface area (Å²) in [6, 6.07) is 0.374. The standard InChI is InChI=1S/C15H24Cl2N5O4P/c1-19-14(10-18-15(19)22(23)24)11-26-27(25,20(8-6-16)12-2-3-12)21(9-7-17)13-4-5-13/h10,12-13H,2-9,11H2,1H3. The molecule has 3 rings (SSSR count). The Morgan fingerprint density at radius 1 is 1.26 bits per heavy atom. The number of alkyl halides is 2. The maximum absolute atomic E-state index is 14.1. The normalized spacial score (nSPS) is 17.8. The summed E-state index contributed by atoms with van der Waals surface area (Å²) >= 11 is 12.0. The van der Waals surface area contributed by atoms with E-state index in [0.29, 0.717) is 30.5 Å². The van der Waals surface area contributed by atoms with Crippen LogP contribution in [0.25, 0.3) is 0 Å². The van der Waals surface area contributed by atoms with Crippen LogP contribution >= 0.6 is 30.9 Å². The van der Waals surface area contributed by atoms with E-state index in [4.69, 9.17) is 27.7 Å². The van der Waals surface area contributed by atoms with Crippen LogP contribution in [-0.2, 0) is 22.7 Å². The van der Waals surface area contributed by atoms with Gasteiger partial charge in [0, 0.05) is 36.9 Å². The van der Waals surface area contributed by atoms with E-state index in [1.807, 2.05) is 9.34 Å². The summed E-state index contributed by atoms with van der Waals surface area (Å²) < 4.78 is 25.3. The summed E-state index contributed by atoms with van der Waals surface area (Å²) in [6.45, 7) is 0.882. The van der Waals surface area contributed by atoms with Crippen molar-refractivity contribution in [3.8, 4) is 0 Å². The lowest BCUT2D eigenvalue weighted by atomic mass is 10.5. The van der Waals surface area contributed by atoms with E-state index >= 15 is 0 Å². The molecule has 0 atom stereocenters. The van der Waals surface area contributed by atoms with Crippen LogP contribution in [0.2, 0.25) is 0 Å². The van der Waals surface area contributed by atoms with Gasteiger partial charge < -0.3 is 10.1 Å². The third-order valence-electron chi connectivity index (χ3n) is 4.82. The molecule has 0 N–H and O–H groups in total. The molecule has 0 aromatic carbocycles. The Bertz CT molecular complexity index is 699. The number of imidazole rings is 1. The molecule has 12 heteroatoms. The zero-order chi connectivity index (χ0) is 19.6. The van der Waals surface area contributed by atoms with Crippen LogP contribution in [0.5, 0.6) is 0 Å². The van der Waals surface area contributed by atoms with E-state index < -0.39 is 12.6 Å². The van der Waals surface area contributed by atoms with Crippen molar-refractivity contribution < 1.29 is 14.0 Å². The number of hydrogen-bond donors (Lipinski definition) is 0. The summed E-state index contributed by atoms with van der Waals surface area (Å²) in [5.41, 5.74) is 0.491. The van der Waals surface area contributed by atoms with E-state index in [2.05, 4.69) is 4.98 Å². The van der Waals surface area contributed by atoms with Gasteiger partial charge in [0.2, 0.25) is 0 Å². The highest BCUT2D eigenvalue weighted by Gasteiger charge is 2.50. The Morgan fingerprint density at radius 2 is 1.78 bits per heavy atom. The van der Waals surface area contributed by atoms with Crippen molar-refractivity contribution in [1.29, 1.82) is 0 Å². The Hall–Kier alpha value is -0.700. The van der Waals surface area contributed by atoms with Crippen molar-refractivity contribution in [2.45, 2.75) is 44.4 Å². The third-order valence-corrected chi connectivity index (χ3v) is 7.97. The third kappa shape index (κ3) is 4.66. The molecule has 0 spiro atoms.